The Kier molecular flexibility index (Phi) is 6.67. The van der Waals surface area contributed by atoms with E-state index in [1.165, 1.54) is 5.69 Å². The number of piperazine rings is 1. The van der Waals surface area contributed by atoms with Crippen LogP contribution in [-0.4, -0.2) is 50.2 Å². The van der Waals surface area contributed by atoms with Gasteiger partial charge in [-0.2, -0.15) is 5.26 Å². The van der Waals surface area contributed by atoms with E-state index in [4.69, 9.17) is 10.00 Å². The molecule has 0 spiro atoms. The van der Waals surface area contributed by atoms with Gasteiger partial charge >= 0.3 is 5.97 Å². The SMILES string of the molecule is CC(C)COC(=O)CN1CCN(c2ccc(-c3ccc(C#N)cc3)cc2)CC1. The van der Waals surface area contributed by atoms with E-state index < -0.39 is 0 Å². The summed E-state index contributed by atoms with van der Waals surface area (Å²) in [6, 6.07) is 18.3. The number of esters is 1. The van der Waals surface area contributed by atoms with Crippen LogP contribution in [-0.2, 0) is 9.53 Å². The first kappa shape index (κ1) is 19.9. The number of nitriles is 1. The molecule has 1 heterocycles. The first-order valence-corrected chi connectivity index (χ1v) is 9.78. The third kappa shape index (κ3) is 5.34. The quantitative estimate of drug-likeness (QED) is 0.721. The summed E-state index contributed by atoms with van der Waals surface area (Å²) in [4.78, 5) is 16.4. The molecule has 0 N–H and O–H groups in total. The van der Waals surface area contributed by atoms with Gasteiger partial charge in [0.1, 0.15) is 0 Å². The average Bonchev–Trinajstić information content (AvgIpc) is 2.73. The highest BCUT2D eigenvalue weighted by molar-refractivity contribution is 5.71. The molecule has 0 saturated carbocycles. The summed E-state index contributed by atoms with van der Waals surface area (Å²) in [7, 11) is 0. The van der Waals surface area contributed by atoms with Crippen molar-refractivity contribution >= 4 is 11.7 Å². The van der Waals surface area contributed by atoms with E-state index in [2.05, 4.69) is 40.1 Å². The van der Waals surface area contributed by atoms with Gasteiger partial charge in [0.2, 0.25) is 0 Å². The number of anilines is 1. The van der Waals surface area contributed by atoms with Crippen LogP contribution in [0.15, 0.2) is 48.5 Å². The maximum Gasteiger partial charge on any atom is 0.320 e. The zero-order chi connectivity index (χ0) is 19.9. The average molecular weight is 377 g/mol. The summed E-state index contributed by atoms with van der Waals surface area (Å²) in [5.41, 5.74) is 4.11. The van der Waals surface area contributed by atoms with Gasteiger partial charge in [0.15, 0.2) is 0 Å². The molecular formula is C23H27N3O2. The van der Waals surface area contributed by atoms with Crippen molar-refractivity contribution in [3.8, 4) is 17.2 Å². The molecule has 1 fully saturated rings. The molecule has 0 bridgehead atoms. The molecule has 3 rings (SSSR count). The molecule has 1 saturated heterocycles. The minimum Gasteiger partial charge on any atom is -0.464 e. The van der Waals surface area contributed by atoms with Crippen molar-refractivity contribution in [3.63, 3.8) is 0 Å². The monoisotopic (exact) mass is 377 g/mol. The van der Waals surface area contributed by atoms with Gasteiger partial charge in [0, 0.05) is 31.9 Å². The molecule has 5 heteroatoms. The van der Waals surface area contributed by atoms with Crippen LogP contribution in [0.25, 0.3) is 11.1 Å². The Morgan fingerprint density at radius 3 is 2.11 bits per heavy atom. The van der Waals surface area contributed by atoms with E-state index in [9.17, 15) is 4.79 Å². The first-order chi connectivity index (χ1) is 13.5. The Bertz CT molecular complexity index is 814. The molecule has 5 nitrogen and oxygen atoms in total. The van der Waals surface area contributed by atoms with E-state index >= 15 is 0 Å². The van der Waals surface area contributed by atoms with Crippen LogP contribution in [0.5, 0.6) is 0 Å². The summed E-state index contributed by atoms with van der Waals surface area (Å²) in [5.74, 6) is 0.238. The summed E-state index contributed by atoms with van der Waals surface area (Å²) < 4.78 is 5.28. The number of hydrogen-bond donors (Lipinski definition) is 0. The van der Waals surface area contributed by atoms with Crippen LogP contribution in [0.4, 0.5) is 5.69 Å². The predicted octanol–water partition coefficient (Wildman–Crippen LogP) is 3.55. The fourth-order valence-corrected chi connectivity index (χ4v) is 3.25. The molecule has 1 aliphatic rings. The highest BCUT2D eigenvalue weighted by atomic mass is 16.5. The largest absolute Gasteiger partial charge is 0.464 e. The zero-order valence-electron chi connectivity index (χ0n) is 16.6. The number of benzene rings is 2. The molecule has 1 aliphatic heterocycles. The summed E-state index contributed by atoms with van der Waals surface area (Å²) in [6.45, 7) is 8.45. The van der Waals surface area contributed by atoms with Crippen molar-refractivity contribution in [1.29, 1.82) is 5.26 Å². The molecule has 0 radical (unpaired) electrons. The fraction of sp³-hybridized carbons (Fsp3) is 0.391. The van der Waals surface area contributed by atoms with Crippen molar-refractivity contribution in [2.75, 3.05) is 44.2 Å². The van der Waals surface area contributed by atoms with Crippen LogP contribution in [0.1, 0.15) is 19.4 Å². The molecule has 0 aromatic heterocycles. The molecule has 28 heavy (non-hydrogen) atoms. The third-order valence-corrected chi connectivity index (χ3v) is 4.88. The van der Waals surface area contributed by atoms with E-state index in [1.807, 2.05) is 38.1 Å². The standard InChI is InChI=1S/C23H27N3O2/c1-18(2)17-28-23(27)16-25-11-13-26(14-12-25)22-9-7-21(8-10-22)20-5-3-19(15-24)4-6-20/h3-10,18H,11-14,16-17H2,1-2H3. The van der Waals surface area contributed by atoms with Crippen LogP contribution in [0.3, 0.4) is 0 Å². The Morgan fingerprint density at radius 1 is 1.00 bits per heavy atom. The number of carbonyl (C=O) groups excluding carboxylic acids is 1. The fourth-order valence-electron chi connectivity index (χ4n) is 3.25. The minimum absolute atomic E-state index is 0.131. The lowest BCUT2D eigenvalue weighted by atomic mass is 10.0. The lowest BCUT2D eigenvalue weighted by Crippen LogP contribution is -2.48. The molecule has 0 amide bonds. The smallest absolute Gasteiger partial charge is 0.320 e. The number of carbonyl (C=O) groups is 1. The number of ether oxygens (including phenoxy) is 1. The van der Waals surface area contributed by atoms with Crippen molar-refractivity contribution in [2.24, 2.45) is 5.92 Å². The number of rotatable bonds is 6. The summed E-state index contributed by atoms with van der Waals surface area (Å²) in [6.07, 6.45) is 0. The molecule has 0 unspecified atom stereocenters. The normalized spacial score (nSPS) is 14.7. The molecular weight excluding hydrogens is 350 g/mol. The van der Waals surface area contributed by atoms with Gasteiger partial charge in [-0.1, -0.05) is 38.1 Å². The van der Waals surface area contributed by atoms with E-state index in [0.29, 0.717) is 24.6 Å². The van der Waals surface area contributed by atoms with Crippen molar-refractivity contribution < 1.29 is 9.53 Å². The second-order valence-electron chi connectivity index (χ2n) is 7.58. The molecule has 146 valence electrons. The molecule has 2 aromatic carbocycles. The maximum absolute atomic E-state index is 11.9. The highest BCUT2D eigenvalue weighted by Crippen LogP contribution is 2.24. The third-order valence-electron chi connectivity index (χ3n) is 4.88. The Morgan fingerprint density at radius 2 is 1.57 bits per heavy atom. The van der Waals surface area contributed by atoms with Gasteiger partial charge < -0.3 is 9.64 Å². The zero-order valence-corrected chi connectivity index (χ0v) is 16.6. The van der Waals surface area contributed by atoms with Crippen molar-refractivity contribution in [2.45, 2.75) is 13.8 Å². The predicted molar refractivity (Wildman–Crippen MR) is 111 cm³/mol. The van der Waals surface area contributed by atoms with Gasteiger partial charge in [-0.15, -0.1) is 0 Å². The van der Waals surface area contributed by atoms with E-state index in [-0.39, 0.29) is 5.97 Å². The van der Waals surface area contributed by atoms with E-state index in [0.717, 1.165) is 37.3 Å². The van der Waals surface area contributed by atoms with Gasteiger partial charge in [-0.3, -0.25) is 9.69 Å². The summed E-state index contributed by atoms with van der Waals surface area (Å²) in [5, 5.41) is 8.91. The van der Waals surface area contributed by atoms with Gasteiger partial charge in [0.05, 0.1) is 24.8 Å². The van der Waals surface area contributed by atoms with E-state index in [1.54, 1.807) is 0 Å². The van der Waals surface area contributed by atoms with Gasteiger partial charge in [0.25, 0.3) is 0 Å². The van der Waals surface area contributed by atoms with Crippen LogP contribution >= 0.6 is 0 Å². The second kappa shape index (κ2) is 9.38. The number of nitrogens with zero attached hydrogens (tertiary/aromatic N) is 3. The maximum atomic E-state index is 11.9. The Hall–Kier alpha value is -2.84. The lowest BCUT2D eigenvalue weighted by molar-refractivity contribution is -0.146. The van der Waals surface area contributed by atoms with Crippen LogP contribution in [0.2, 0.25) is 0 Å². The minimum atomic E-state index is -0.131. The van der Waals surface area contributed by atoms with Gasteiger partial charge in [-0.05, 0) is 41.3 Å². The topological polar surface area (TPSA) is 56.6 Å². The van der Waals surface area contributed by atoms with Gasteiger partial charge in [-0.25, -0.2) is 0 Å². The van der Waals surface area contributed by atoms with Crippen LogP contribution in [0, 0.1) is 17.2 Å². The first-order valence-electron chi connectivity index (χ1n) is 9.78. The van der Waals surface area contributed by atoms with Crippen molar-refractivity contribution in [3.05, 3.63) is 54.1 Å². The Balaban J connectivity index is 1.52. The van der Waals surface area contributed by atoms with Crippen molar-refractivity contribution in [1.82, 2.24) is 4.90 Å². The highest BCUT2D eigenvalue weighted by Gasteiger charge is 2.20. The molecule has 0 aliphatic carbocycles. The van der Waals surface area contributed by atoms with Crippen LogP contribution < -0.4 is 4.90 Å². The summed E-state index contributed by atoms with van der Waals surface area (Å²) >= 11 is 0. The molecule has 2 aromatic rings. The lowest BCUT2D eigenvalue weighted by Gasteiger charge is -2.35. The number of hydrogen-bond acceptors (Lipinski definition) is 5. The second-order valence-corrected chi connectivity index (χ2v) is 7.58. The Labute approximate surface area is 167 Å². The molecule has 0 atom stereocenters.